The van der Waals surface area contributed by atoms with Gasteiger partial charge in [-0.05, 0) is 30.3 Å². The molecule has 0 aliphatic carbocycles. The van der Waals surface area contributed by atoms with Crippen molar-refractivity contribution in [1.82, 2.24) is 15.0 Å². The maximum absolute atomic E-state index is 6.51. The molecule has 0 aliphatic heterocycles. The van der Waals surface area contributed by atoms with E-state index < -0.39 is 0 Å². The Morgan fingerprint density at radius 1 is 0.395 bits per heavy atom. The third-order valence-electron chi connectivity index (χ3n) is 8.25. The molecule has 4 heteroatoms. The lowest BCUT2D eigenvalue weighted by Crippen LogP contribution is -1.96. The topological polar surface area (TPSA) is 51.8 Å². The Morgan fingerprint density at radius 2 is 1.02 bits per heavy atom. The summed E-state index contributed by atoms with van der Waals surface area (Å²) in [5, 5.41) is 6.46. The molecule has 3 aromatic heterocycles. The molecule has 0 fully saturated rings. The molecule has 0 atom stereocenters. The van der Waals surface area contributed by atoms with Gasteiger partial charge in [-0.25, -0.2) is 15.0 Å². The van der Waals surface area contributed by atoms with E-state index in [0.29, 0.717) is 5.82 Å². The first-order valence-corrected chi connectivity index (χ1v) is 14.4. The van der Waals surface area contributed by atoms with Crippen molar-refractivity contribution in [2.75, 3.05) is 0 Å². The van der Waals surface area contributed by atoms with Gasteiger partial charge in [0, 0.05) is 49.0 Å². The van der Waals surface area contributed by atoms with E-state index in [0.717, 1.165) is 82.6 Å². The van der Waals surface area contributed by atoms with Crippen LogP contribution in [0.2, 0.25) is 0 Å². The number of rotatable bonds is 3. The second-order valence-corrected chi connectivity index (χ2v) is 10.8. The molecule has 43 heavy (non-hydrogen) atoms. The Labute approximate surface area is 246 Å². The molecular formula is C39H23N3O. The lowest BCUT2D eigenvalue weighted by Gasteiger charge is -2.12. The van der Waals surface area contributed by atoms with Crippen molar-refractivity contribution < 1.29 is 4.42 Å². The van der Waals surface area contributed by atoms with Crippen LogP contribution in [-0.2, 0) is 0 Å². The van der Waals surface area contributed by atoms with Gasteiger partial charge in [-0.15, -0.1) is 0 Å². The average molecular weight is 550 g/mol. The molecule has 0 amide bonds. The standard InChI is InChI=1S/C39H23N3O/c1-2-11-24(12-3-1)36-30-17-5-8-19-33(30)41-39(42-36)26-14-10-13-25(23-26)37-31-22-21-28-27-15-6-9-20-34(27)43-38(28)35(31)29-16-4-7-18-32(29)40-37/h1-23H. The Kier molecular flexibility index (Phi) is 5.16. The Balaban J connectivity index is 1.29. The number of nitrogens with zero attached hydrogens (tertiary/aromatic N) is 3. The molecule has 0 aliphatic rings. The van der Waals surface area contributed by atoms with Crippen molar-refractivity contribution in [2.45, 2.75) is 0 Å². The lowest BCUT2D eigenvalue weighted by molar-refractivity contribution is 0.673. The van der Waals surface area contributed by atoms with Crippen molar-refractivity contribution in [3.63, 3.8) is 0 Å². The van der Waals surface area contributed by atoms with Gasteiger partial charge in [0.2, 0.25) is 0 Å². The van der Waals surface area contributed by atoms with E-state index in [1.807, 2.05) is 54.6 Å². The van der Waals surface area contributed by atoms with Crippen LogP contribution in [0.3, 0.4) is 0 Å². The van der Waals surface area contributed by atoms with Crippen LogP contribution in [0.4, 0.5) is 0 Å². The number of fused-ring (bicyclic) bond motifs is 8. The molecule has 0 spiro atoms. The summed E-state index contributed by atoms with van der Waals surface area (Å²) in [6.45, 7) is 0. The van der Waals surface area contributed by atoms with Crippen LogP contribution in [0.25, 0.3) is 88.4 Å². The van der Waals surface area contributed by atoms with Crippen molar-refractivity contribution in [3.05, 3.63) is 140 Å². The Morgan fingerprint density at radius 3 is 1.88 bits per heavy atom. The van der Waals surface area contributed by atoms with Crippen LogP contribution in [0.15, 0.2) is 144 Å². The fourth-order valence-corrected chi connectivity index (χ4v) is 6.26. The molecule has 0 unspecified atom stereocenters. The van der Waals surface area contributed by atoms with Gasteiger partial charge in [0.15, 0.2) is 5.82 Å². The van der Waals surface area contributed by atoms with Gasteiger partial charge in [0.05, 0.1) is 22.4 Å². The summed E-state index contributed by atoms with van der Waals surface area (Å²) in [5.41, 5.74) is 8.45. The fraction of sp³-hybridized carbons (Fsp3) is 0. The van der Waals surface area contributed by atoms with E-state index in [4.69, 9.17) is 19.4 Å². The van der Waals surface area contributed by atoms with Gasteiger partial charge in [0.1, 0.15) is 11.2 Å². The minimum Gasteiger partial charge on any atom is -0.455 e. The summed E-state index contributed by atoms with van der Waals surface area (Å²) in [5.74, 6) is 0.684. The van der Waals surface area contributed by atoms with Crippen molar-refractivity contribution in [1.29, 1.82) is 0 Å². The van der Waals surface area contributed by atoms with Crippen LogP contribution in [0, 0.1) is 0 Å². The summed E-state index contributed by atoms with van der Waals surface area (Å²) in [6.07, 6.45) is 0. The molecule has 0 saturated carbocycles. The maximum Gasteiger partial charge on any atom is 0.160 e. The molecule has 9 aromatic rings. The minimum atomic E-state index is 0.684. The highest BCUT2D eigenvalue weighted by Gasteiger charge is 2.18. The van der Waals surface area contributed by atoms with Gasteiger partial charge >= 0.3 is 0 Å². The number of para-hydroxylation sites is 3. The molecule has 0 radical (unpaired) electrons. The zero-order chi connectivity index (χ0) is 28.3. The second kappa shape index (κ2) is 9.33. The average Bonchev–Trinajstić information content (AvgIpc) is 3.47. The van der Waals surface area contributed by atoms with E-state index in [-0.39, 0.29) is 0 Å². The Bertz CT molecular complexity index is 2510. The summed E-state index contributed by atoms with van der Waals surface area (Å²) in [4.78, 5) is 15.3. The zero-order valence-electron chi connectivity index (χ0n) is 23.0. The van der Waals surface area contributed by atoms with Crippen LogP contribution < -0.4 is 0 Å². The predicted molar refractivity (Wildman–Crippen MR) is 176 cm³/mol. The van der Waals surface area contributed by atoms with Gasteiger partial charge in [-0.1, -0.05) is 109 Å². The Hall–Kier alpha value is -5.87. The van der Waals surface area contributed by atoms with E-state index >= 15 is 0 Å². The van der Waals surface area contributed by atoms with E-state index in [1.165, 1.54) is 0 Å². The zero-order valence-corrected chi connectivity index (χ0v) is 23.0. The number of benzene rings is 6. The number of furan rings is 1. The monoisotopic (exact) mass is 549 g/mol. The number of pyridine rings is 1. The third-order valence-corrected chi connectivity index (χ3v) is 8.25. The number of hydrogen-bond donors (Lipinski definition) is 0. The smallest absolute Gasteiger partial charge is 0.160 e. The van der Waals surface area contributed by atoms with Gasteiger partial charge in [-0.2, -0.15) is 0 Å². The highest BCUT2D eigenvalue weighted by molar-refractivity contribution is 6.24. The largest absolute Gasteiger partial charge is 0.455 e. The van der Waals surface area contributed by atoms with Crippen molar-refractivity contribution in [2.24, 2.45) is 0 Å². The van der Waals surface area contributed by atoms with Crippen molar-refractivity contribution >= 4 is 54.5 Å². The van der Waals surface area contributed by atoms with E-state index in [2.05, 4.69) is 84.9 Å². The molecule has 0 bridgehead atoms. The first-order valence-electron chi connectivity index (χ1n) is 14.4. The molecule has 9 rings (SSSR count). The minimum absolute atomic E-state index is 0.684. The molecule has 4 nitrogen and oxygen atoms in total. The summed E-state index contributed by atoms with van der Waals surface area (Å²) >= 11 is 0. The first kappa shape index (κ1) is 23.8. The normalized spacial score (nSPS) is 11.7. The quantitative estimate of drug-likeness (QED) is 0.206. The summed E-state index contributed by atoms with van der Waals surface area (Å²) < 4.78 is 6.51. The second-order valence-electron chi connectivity index (χ2n) is 10.8. The highest BCUT2D eigenvalue weighted by Crippen LogP contribution is 2.41. The number of hydrogen-bond acceptors (Lipinski definition) is 4. The fourth-order valence-electron chi connectivity index (χ4n) is 6.26. The maximum atomic E-state index is 6.51. The van der Waals surface area contributed by atoms with Gasteiger partial charge < -0.3 is 4.42 Å². The molecule has 0 saturated heterocycles. The molecule has 6 aromatic carbocycles. The van der Waals surface area contributed by atoms with Crippen LogP contribution in [-0.4, -0.2) is 15.0 Å². The van der Waals surface area contributed by atoms with E-state index in [1.54, 1.807) is 0 Å². The van der Waals surface area contributed by atoms with Crippen LogP contribution >= 0.6 is 0 Å². The lowest BCUT2D eigenvalue weighted by atomic mass is 9.97. The SMILES string of the molecule is c1ccc(-c2nc(-c3cccc(-c4nc5ccccc5c5c4ccc4c6ccccc6oc45)c3)nc3ccccc23)cc1. The van der Waals surface area contributed by atoms with Crippen LogP contribution in [0.5, 0.6) is 0 Å². The van der Waals surface area contributed by atoms with Crippen LogP contribution in [0.1, 0.15) is 0 Å². The summed E-state index contributed by atoms with van der Waals surface area (Å²) in [7, 11) is 0. The molecule has 0 N–H and O–H groups in total. The molecular weight excluding hydrogens is 526 g/mol. The van der Waals surface area contributed by atoms with Gasteiger partial charge in [-0.3, -0.25) is 0 Å². The van der Waals surface area contributed by atoms with Gasteiger partial charge in [0.25, 0.3) is 0 Å². The van der Waals surface area contributed by atoms with Crippen molar-refractivity contribution in [3.8, 4) is 33.9 Å². The number of aromatic nitrogens is 3. The predicted octanol–water partition coefficient (Wildman–Crippen LogP) is 10.2. The summed E-state index contributed by atoms with van der Waals surface area (Å²) in [6, 6.07) is 47.8. The van der Waals surface area contributed by atoms with E-state index in [9.17, 15) is 0 Å². The third kappa shape index (κ3) is 3.74. The molecule has 200 valence electrons. The molecule has 3 heterocycles. The highest BCUT2D eigenvalue weighted by atomic mass is 16.3. The first-order chi connectivity index (χ1) is 21.3.